The zero-order valence-electron chi connectivity index (χ0n) is 22.1. The van der Waals surface area contributed by atoms with Crippen molar-refractivity contribution in [2.24, 2.45) is 46.3 Å². The van der Waals surface area contributed by atoms with Gasteiger partial charge in [-0.15, -0.1) is 0 Å². The molecule has 0 bridgehead atoms. The summed E-state index contributed by atoms with van der Waals surface area (Å²) in [4.78, 5) is 0. The molecule has 1 heterocycles. The molecule has 33 heavy (non-hydrogen) atoms. The zero-order chi connectivity index (χ0) is 23.4. The first-order valence-electron chi connectivity index (χ1n) is 14.2. The minimum absolute atomic E-state index is 0.411. The lowest BCUT2D eigenvalue weighted by molar-refractivity contribution is -0.100. The summed E-state index contributed by atoms with van der Waals surface area (Å²) >= 11 is 0. The molecular weight excluding hydrogens is 408 g/mol. The molecule has 4 aliphatic carbocycles. The van der Waals surface area contributed by atoms with Gasteiger partial charge in [-0.25, -0.2) is 0 Å². The van der Waals surface area contributed by atoms with Crippen LogP contribution in [0.4, 0.5) is 0 Å². The molecule has 188 valence electrons. The Morgan fingerprint density at radius 1 is 1.12 bits per heavy atom. The summed E-state index contributed by atoms with van der Waals surface area (Å²) in [5, 5.41) is 10.3. The first-order valence-corrected chi connectivity index (χ1v) is 14.2. The van der Waals surface area contributed by atoms with E-state index < -0.39 is 5.60 Å². The molecule has 3 heteroatoms. The Hall–Kier alpha value is -0.380. The highest BCUT2D eigenvalue weighted by Crippen LogP contribution is 2.67. The molecule has 8 atom stereocenters. The Morgan fingerprint density at radius 3 is 2.61 bits per heavy atom. The molecule has 0 amide bonds. The number of fused-ring (bicyclic) bond motifs is 5. The molecule has 0 radical (unpaired) electrons. The topological polar surface area (TPSA) is 38.7 Å². The van der Waals surface area contributed by atoms with E-state index in [0.29, 0.717) is 22.9 Å². The van der Waals surface area contributed by atoms with Crippen LogP contribution in [0.2, 0.25) is 0 Å². The monoisotopic (exact) mass is 458 g/mol. The fraction of sp³-hybridized carbons (Fsp3) is 0.933. The van der Waals surface area contributed by atoms with Crippen molar-refractivity contribution >= 4 is 0 Å². The van der Waals surface area contributed by atoms with Crippen LogP contribution < -0.4 is 0 Å². The average Bonchev–Trinajstić information content (AvgIpc) is 3.08. The summed E-state index contributed by atoms with van der Waals surface area (Å²) in [5.74, 6) is 4.86. The van der Waals surface area contributed by atoms with Crippen molar-refractivity contribution in [3.8, 4) is 0 Å². The third-order valence-electron chi connectivity index (χ3n) is 11.3. The summed E-state index contributed by atoms with van der Waals surface area (Å²) in [6.07, 6.45) is 15.9. The van der Waals surface area contributed by atoms with Gasteiger partial charge in [0.1, 0.15) is 0 Å². The van der Waals surface area contributed by atoms with Gasteiger partial charge in [-0.1, -0.05) is 32.4 Å². The Kier molecular flexibility index (Phi) is 6.58. The molecule has 0 aromatic rings. The number of rotatable bonds is 7. The average molecular weight is 459 g/mol. The largest absolute Gasteiger partial charge is 0.390 e. The van der Waals surface area contributed by atoms with E-state index >= 15 is 0 Å². The van der Waals surface area contributed by atoms with Crippen LogP contribution in [0.1, 0.15) is 98.8 Å². The van der Waals surface area contributed by atoms with Gasteiger partial charge in [-0.2, -0.15) is 0 Å². The second-order valence-electron chi connectivity index (χ2n) is 13.9. The van der Waals surface area contributed by atoms with Gasteiger partial charge in [-0.3, -0.25) is 0 Å². The van der Waals surface area contributed by atoms with E-state index in [1.807, 2.05) is 13.8 Å². The Morgan fingerprint density at radius 2 is 1.91 bits per heavy atom. The summed E-state index contributed by atoms with van der Waals surface area (Å²) in [6, 6.07) is 0. The van der Waals surface area contributed by atoms with Gasteiger partial charge in [-0.05, 0) is 118 Å². The molecular formula is C30H50O3. The molecule has 5 rings (SSSR count). The predicted molar refractivity (Wildman–Crippen MR) is 134 cm³/mol. The maximum atomic E-state index is 10.3. The van der Waals surface area contributed by atoms with Crippen LogP contribution in [0, 0.1) is 46.3 Å². The fourth-order valence-corrected chi connectivity index (χ4v) is 9.18. The van der Waals surface area contributed by atoms with E-state index in [1.54, 1.807) is 5.57 Å². The molecule has 0 spiro atoms. The zero-order valence-corrected chi connectivity index (χ0v) is 22.1. The van der Waals surface area contributed by atoms with Crippen molar-refractivity contribution in [2.75, 3.05) is 19.8 Å². The van der Waals surface area contributed by atoms with E-state index in [0.717, 1.165) is 55.8 Å². The lowest BCUT2D eigenvalue weighted by Gasteiger charge is -2.58. The molecule has 3 nitrogen and oxygen atoms in total. The van der Waals surface area contributed by atoms with Gasteiger partial charge in [0.2, 0.25) is 0 Å². The number of hydrogen-bond acceptors (Lipinski definition) is 3. The number of hydrogen-bond donors (Lipinski definition) is 1. The highest BCUT2D eigenvalue weighted by atomic mass is 16.5. The van der Waals surface area contributed by atoms with E-state index in [9.17, 15) is 5.11 Å². The summed E-state index contributed by atoms with van der Waals surface area (Å²) in [6.45, 7) is 14.4. The highest BCUT2D eigenvalue weighted by Gasteiger charge is 2.59. The van der Waals surface area contributed by atoms with Gasteiger partial charge in [0.15, 0.2) is 0 Å². The predicted octanol–water partition coefficient (Wildman–Crippen LogP) is 6.78. The first kappa shape index (κ1) is 24.3. The van der Waals surface area contributed by atoms with Crippen LogP contribution in [0.15, 0.2) is 11.6 Å². The summed E-state index contributed by atoms with van der Waals surface area (Å²) in [5.41, 5.74) is 2.13. The number of aliphatic hydroxyl groups is 1. The highest BCUT2D eigenvalue weighted by molar-refractivity contribution is 5.25. The standard InChI is InChI=1S/C30H50O3/c1-20(10-13-28(2,3)31)25-8-9-26-24-7-6-22-16-23(33-19-21-17-32-18-21)11-14-29(22,4)27(24)12-15-30(25,26)5/h6,20-21,23-27,31H,7-19H2,1-5H3/t20-,23+,24+,25-,26+,27+,29+,30-/m1/s1. The van der Waals surface area contributed by atoms with Crippen LogP contribution in [0.3, 0.4) is 0 Å². The minimum Gasteiger partial charge on any atom is -0.390 e. The maximum Gasteiger partial charge on any atom is 0.0612 e. The maximum absolute atomic E-state index is 10.3. The van der Waals surface area contributed by atoms with Gasteiger partial charge in [0.05, 0.1) is 31.5 Å². The Labute approximate surface area is 203 Å². The van der Waals surface area contributed by atoms with Crippen LogP contribution >= 0.6 is 0 Å². The van der Waals surface area contributed by atoms with Crippen LogP contribution in [0.25, 0.3) is 0 Å². The van der Waals surface area contributed by atoms with E-state index in [4.69, 9.17) is 9.47 Å². The third kappa shape index (κ3) is 4.49. The van der Waals surface area contributed by atoms with E-state index in [-0.39, 0.29) is 0 Å². The SMILES string of the molecule is C[C@H](CCC(C)(C)O)[C@H]1CC[C@H]2[C@@H]3CC=C4C[C@@H](OCC5COC5)CC[C@]4(C)[C@H]3CC[C@]12C. The third-order valence-corrected chi connectivity index (χ3v) is 11.3. The molecule has 0 aromatic heterocycles. The van der Waals surface area contributed by atoms with Crippen LogP contribution in [-0.4, -0.2) is 36.6 Å². The normalized spacial score (nSPS) is 44.3. The molecule has 1 N–H and O–H groups in total. The van der Waals surface area contributed by atoms with E-state index in [1.165, 1.54) is 57.8 Å². The minimum atomic E-state index is -0.530. The Balaban J connectivity index is 1.25. The Bertz CT molecular complexity index is 733. The van der Waals surface area contributed by atoms with Crippen molar-refractivity contribution < 1.29 is 14.6 Å². The second kappa shape index (κ2) is 8.93. The van der Waals surface area contributed by atoms with Gasteiger partial charge in [0.25, 0.3) is 0 Å². The molecule has 1 saturated heterocycles. The summed E-state index contributed by atoms with van der Waals surface area (Å²) < 4.78 is 11.7. The summed E-state index contributed by atoms with van der Waals surface area (Å²) in [7, 11) is 0. The molecule has 4 fully saturated rings. The molecule has 0 aromatic carbocycles. The molecule has 1 aliphatic heterocycles. The lowest BCUT2D eigenvalue weighted by Crippen LogP contribution is -2.51. The molecule has 3 saturated carbocycles. The van der Waals surface area contributed by atoms with Crippen molar-refractivity contribution in [1.29, 1.82) is 0 Å². The second-order valence-corrected chi connectivity index (χ2v) is 13.9. The lowest BCUT2D eigenvalue weighted by atomic mass is 9.47. The molecule has 0 unspecified atom stereocenters. The van der Waals surface area contributed by atoms with Crippen molar-refractivity contribution in [1.82, 2.24) is 0 Å². The van der Waals surface area contributed by atoms with Crippen molar-refractivity contribution in [3.63, 3.8) is 0 Å². The fourth-order valence-electron chi connectivity index (χ4n) is 9.18. The van der Waals surface area contributed by atoms with Crippen LogP contribution in [0.5, 0.6) is 0 Å². The number of allylic oxidation sites excluding steroid dienone is 1. The molecule has 5 aliphatic rings. The quantitative estimate of drug-likeness (QED) is 0.427. The first-order chi connectivity index (χ1) is 15.6. The smallest absolute Gasteiger partial charge is 0.0612 e. The van der Waals surface area contributed by atoms with Crippen molar-refractivity contribution in [2.45, 2.75) is 111 Å². The van der Waals surface area contributed by atoms with Gasteiger partial charge < -0.3 is 14.6 Å². The van der Waals surface area contributed by atoms with E-state index in [2.05, 4.69) is 26.8 Å². The van der Waals surface area contributed by atoms with Gasteiger partial charge >= 0.3 is 0 Å². The van der Waals surface area contributed by atoms with Crippen LogP contribution in [-0.2, 0) is 9.47 Å². The van der Waals surface area contributed by atoms with Crippen molar-refractivity contribution in [3.05, 3.63) is 11.6 Å². The van der Waals surface area contributed by atoms with Gasteiger partial charge in [0, 0.05) is 5.92 Å². The number of ether oxygens (including phenoxy) is 2.